The Labute approximate surface area is 111 Å². The van der Waals surface area contributed by atoms with E-state index in [0.717, 1.165) is 12.0 Å². The summed E-state index contributed by atoms with van der Waals surface area (Å²) in [5.41, 5.74) is 11.7. The molecule has 0 saturated heterocycles. The SMILES string of the molecule is NC[C@@]1(c2cccc(Cl)c2)C#C[C@H](C(N)=O)CC1. The molecule has 1 amide bonds. The van der Waals surface area contributed by atoms with Gasteiger partial charge in [0.25, 0.3) is 0 Å². The van der Waals surface area contributed by atoms with Crippen LogP contribution in [0.5, 0.6) is 0 Å². The standard InChI is InChI=1S/C14H15ClN2O/c15-12-3-1-2-11(8-12)14(9-16)6-4-10(5-7-14)13(17)18/h1-3,8,10H,4,6,9,16H2,(H2,17,18)/t10-,14+/m1/s1. The van der Waals surface area contributed by atoms with E-state index in [0.29, 0.717) is 18.0 Å². The van der Waals surface area contributed by atoms with E-state index in [2.05, 4.69) is 11.8 Å². The predicted octanol–water partition coefficient (Wildman–Crippen LogP) is 1.44. The smallest absolute Gasteiger partial charge is 0.232 e. The molecule has 1 aliphatic rings. The van der Waals surface area contributed by atoms with Crippen LogP contribution in [0.25, 0.3) is 0 Å². The molecule has 2 rings (SSSR count). The summed E-state index contributed by atoms with van der Waals surface area (Å²) in [6.07, 6.45) is 1.37. The Morgan fingerprint density at radius 1 is 1.56 bits per heavy atom. The van der Waals surface area contributed by atoms with E-state index in [4.69, 9.17) is 23.1 Å². The van der Waals surface area contributed by atoms with Crippen LogP contribution in [0.4, 0.5) is 0 Å². The molecule has 1 aromatic carbocycles. The number of nitrogens with two attached hydrogens (primary N) is 2. The Kier molecular flexibility index (Phi) is 3.60. The van der Waals surface area contributed by atoms with Crippen molar-refractivity contribution in [3.05, 3.63) is 34.9 Å². The molecule has 3 nitrogen and oxygen atoms in total. The fraction of sp³-hybridized carbons (Fsp3) is 0.357. The minimum atomic E-state index is -0.406. The topological polar surface area (TPSA) is 69.1 Å². The summed E-state index contributed by atoms with van der Waals surface area (Å²) < 4.78 is 0. The molecule has 0 radical (unpaired) electrons. The van der Waals surface area contributed by atoms with Crippen molar-refractivity contribution in [3.8, 4) is 11.8 Å². The lowest BCUT2D eigenvalue weighted by atomic mass is 9.72. The van der Waals surface area contributed by atoms with Crippen molar-refractivity contribution in [1.82, 2.24) is 0 Å². The van der Waals surface area contributed by atoms with Crippen molar-refractivity contribution < 1.29 is 4.79 Å². The second kappa shape index (κ2) is 5.01. The average Bonchev–Trinajstić information content (AvgIpc) is 2.38. The number of benzene rings is 1. The van der Waals surface area contributed by atoms with Crippen molar-refractivity contribution in [2.75, 3.05) is 6.54 Å². The van der Waals surface area contributed by atoms with E-state index in [1.807, 2.05) is 24.3 Å². The molecule has 0 bridgehead atoms. The van der Waals surface area contributed by atoms with E-state index in [1.54, 1.807) is 0 Å². The summed E-state index contributed by atoms with van der Waals surface area (Å²) in [6, 6.07) is 7.56. The van der Waals surface area contributed by atoms with Gasteiger partial charge in [-0.1, -0.05) is 35.6 Å². The van der Waals surface area contributed by atoms with Crippen LogP contribution in [-0.2, 0) is 10.2 Å². The number of primary amides is 1. The first-order chi connectivity index (χ1) is 8.57. The van der Waals surface area contributed by atoms with Crippen LogP contribution in [0.1, 0.15) is 18.4 Å². The fourth-order valence-electron chi connectivity index (χ4n) is 2.24. The van der Waals surface area contributed by atoms with Gasteiger partial charge in [0, 0.05) is 11.6 Å². The van der Waals surface area contributed by atoms with E-state index >= 15 is 0 Å². The Balaban J connectivity index is 2.38. The van der Waals surface area contributed by atoms with E-state index in [-0.39, 0.29) is 11.8 Å². The Morgan fingerprint density at radius 2 is 2.33 bits per heavy atom. The molecule has 94 valence electrons. The van der Waals surface area contributed by atoms with Crippen LogP contribution >= 0.6 is 11.6 Å². The van der Waals surface area contributed by atoms with Gasteiger partial charge in [0.15, 0.2) is 0 Å². The maximum atomic E-state index is 11.1. The molecule has 0 aliphatic heterocycles. The summed E-state index contributed by atoms with van der Waals surface area (Å²) >= 11 is 6.00. The van der Waals surface area contributed by atoms with Crippen molar-refractivity contribution in [3.63, 3.8) is 0 Å². The van der Waals surface area contributed by atoms with Crippen molar-refractivity contribution >= 4 is 17.5 Å². The lowest BCUT2D eigenvalue weighted by Crippen LogP contribution is -2.38. The molecule has 0 unspecified atom stereocenters. The summed E-state index contributed by atoms with van der Waals surface area (Å²) in [5, 5.41) is 0.666. The van der Waals surface area contributed by atoms with E-state index in [9.17, 15) is 4.79 Å². The Morgan fingerprint density at radius 3 is 2.83 bits per heavy atom. The summed E-state index contributed by atoms with van der Waals surface area (Å²) in [6.45, 7) is 0.409. The third-order valence-electron chi connectivity index (χ3n) is 3.41. The lowest BCUT2D eigenvalue weighted by molar-refractivity contribution is -0.120. The maximum absolute atomic E-state index is 11.1. The minimum absolute atomic E-state index is 0.358. The zero-order valence-electron chi connectivity index (χ0n) is 9.95. The number of amides is 1. The highest BCUT2D eigenvalue weighted by atomic mass is 35.5. The van der Waals surface area contributed by atoms with Crippen molar-refractivity contribution in [1.29, 1.82) is 0 Å². The monoisotopic (exact) mass is 262 g/mol. The molecule has 0 fully saturated rings. The summed E-state index contributed by atoms with van der Waals surface area (Å²) in [5.74, 6) is 5.33. The maximum Gasteiger partial charge on any atom is 0.232 e. The van der Waals surface area contributed by atoms with Crippen molar-refractivity contribution in [2.24, 2.45) is 17.4 Å². The van der Waals surface area contributed by atoms with Gasteiger partial charge in [0.2, 0.25) is 5.91 Å². The van der Waals surface area contributed by atoms with Gasteiger partial charge < -0.3 is 11.5 Å². The molecule has 18 heavy (non-hydrogen) atoms. The molecule has 2 atom stereocenters. The molecule has 0 spiro atoms. The number of rotatable bonds is 3. The third kappa shape index (κ3) is 2.35. The molecule has 1 aliphatic carbocycles. The zero-order chi connectivity index (χ0) is 13.2. The van der Waals surface area contributed by atoms with Gasteiger partial charge in [-0.15, -0.1) is 0 Å². The second-order valence-electron chi connectivity index (χ2n) is 4.56. The highest BCUT2D eigenvalue weighted by molar-refractivity contribution is 6.30. The fourth-order valence-corrected chi connectivity index (χ4v) is 2.43. The minimum Gasteiger partial charge on any atom is -0.369 e. The predicted molar refractivity (Wildman–Crippen MR) is 71.9 cm³/mol. The molecule has 4 N–H and O–H groups in total. The van der Waals surface area contributed by atoms with Crippen LogP contribution in [-0.4, -0.2) is 12.5 Å². The van der Waals surface area contributed by atoms with Crippen molar-refractivity contribution in [2.45, 2.75) is 18.3 Å². The molecule has 4 heteroatoms. The molecular weight excluding hydrogens is 248 g/mol. The lowest BCUT2D eigenvalue weighted by Gasteiger charge is -2.31. The molecule has 1 aromatic rings. The molecule has 0 saturated carbocycles. The Hall–Kier alpha value is -1.50. The van der Waals surface area contributed by atoms with Gasteiger partial charge >= 0.3 is 0 Å². The first-order valence-corrected chi connectivity index (χ1v) is 6.23. The average molecular weight is 263 g/mol. The van der Waals surface area contributed by atoms with Gasteiger partial charge in [-0.25, -0.2) is 0 Å². The van der Waals surface area contributed by atoms with Crippen LogP contribution in [0.15, 0.2) is 24.3 Å². The highest BCUT2D eigenvalue weighted by Crippen LogP contribution is 2.33. The zero-order valence-corrected chi connectivity index (χ0v) is 10.7. The summed E-state index contributed by atoms with van der Waals surface area (Å²) in [7, 11) is 0. The third-order valence-corrected chi connectivity index (χ3v) is 3.65. The normalized spacial score (nSPS) is 26.2. The first-order valence-electron chi connectivity index (χ1n) is 5.85. The van der Waals surface area contributed by atoms with Crippen LogP contribution < -0.4 is 11.5 Å². The molecule has 0 aromatic heterocycles. The number of hydrogen-bond donors (Lipinski definition) is 2. The van der Waals surface area contributed by atoms with Crippen LogP contribution in [0.3, 0.4) is 0 Å². The van der Waals surface area contributed by atoms with E-state index in [1.165, 1.54) is 0 Å². The largest absolute Gasteiger partial charge is 0.369 e. The molecular formula is C14H15ClN2O. The molecule has 0 heterocycles. The Bertz CT molecular complexity index is 532. The number of carbonyl (C=O) groups is 1. The van der Waals surface area contributed by atoms with Crippen LogP contribution in [0, 0.1) is 17.8 Å². The van der Waals surface area contributed by atoms with Gasteiger partial charge in [-0.05, 0) is 30.5 Å². The van der Waals surface area contributed by atoms with Gasteiger partial charge in [-0.3, -0.25) is 4.79 Å². The van der Waals surface area contributed by atoms with Gasteiger partial charge in [-0.2, -0.15) is 0 Å². The summed E-state index contributed by atoms with van der Waals surface area (Å²) in [4.78, 5) is 11.1. The quantitative estimate of drug-likeness (QED) is 0.810. The number of hydrogen-bond acceptors (Lipinski definition) is 2. The second-order valence-corrected chi connectivity index (χ2v) is 5.00. The number of halogens is 1. The number of carbonyl (C=O) groups excluding carboxylic acids is 1. The highest BCUT2D eigenvalue weighted by Gasteiger charge is 2.33. The first kappa shape index (κ1) is 12.9. The van der Waals surface area contributed by atoms with Crippen LogP contribution in [0.2, 0.25) is 5.02 Å². The van der Waals surface area contributed by atoms with Gasteiger partial charge in [0.1, 0.15) is 0 Å². The van der Waals surface area contributed by atoms with Gasteiger partial charge in [0.05, 0.1) is 11.3 Å². The van der Waals surface area contributed by atoms with E-state index < -0.39 is 5.41 Å².